The Hall–Kier alpha value is -1.34. The Labute approximate surface area is 150 Å². The lowest BCUT2D eigenvalue weighted by molar-refractivity contribution is -0.119. The second-order valence-electron chi connectivity index (χ2n) is 6.30. The van der Waals surface area contributed by atoms with Gasteiger partial charge in [0.1, 0.15) is 4.83 Å². The number of nitrogens with zero attached hydrogens (tertiary/aromatic N) is 2. The molecule has 0 bridgehead atoms. The highest BCUT2D eigenvalue weighted by Crippen LogP contribution is 2.28. The van der Waals surface area contributed by atoms with E-state index < -0.39 is 0 Å². The van der Waals surface area contributed by atoms with Gasteiger partial charge in [-0.15, -0.1) is 11.3 Å². The number of rotatable bonds is 6. The molecule has 0 spiro atoms. The molecule has 0 aliphatic carbocycles. The van der Waals surface area contributed by atoms with Gasteiger partial charge in [0.05, 0.1) is 11.1 Å². The Morgan fingerprint density at radius 3 is 2.58 bits per heavy atom. The van der Waals surface area contributed by atoms with Crippen molar-refractivity contribution in [2.24, 2.45) is 5.92 Å². The number of carbonyl (C=O) groups excluding carboxylic acids is 1. The number of carbonyl (C=O) groups is 1. The van der Waals surface area contributed by atoms with E-state index >= 15 is 0 Å². The number of hydrogen-bond acceptors (Lipinski definition) is 5. The molecule has 24 heavy (non-hydrogen) atoms. The summed E-state index contributed by atoms with van der Waals surface area (Å²) >= 11 is 2.86. The van der Waals surface area contributed by atoms with Crippen LogP contribution in [0.25, 0.3) is 10.2 Å². The summed E-state index contributed by atoms with van der Waals surface area (Å²) in [6, 6.07) is 0.129. The summed E-state index contributed by atoms with van der Waals surface area (Å²) in [4.78, 5) is 31.4. The fourth-order valence-corrected chi connectivity index (χ4v) is 4.23. The lowest BCUT2D eigenvalue weighted by atomic mass is 10.1. The highest BCUT2D eigenvalue weighted by Gasteiger charge is 2.17. The van der Waals surface area contributed by atoms with Gasteiger partial charge >= 0.3 is 0 Å². The standard InChI is InChI=1S/C17H25N3O2S2/c1-7-20-16(22)14-10(4)12(6)24-15(14)19-17(20)23-8-13(21)18-11(5)9(2)3/h9,11H,7-8H2,1-6H3,(H,18,21)/t11-/m0/s1. The van der Waals surface area contributed by atoms with Crippen molar-refractivity contribution in [2.75, 3.05) is 5.75 Å². The Balaban J connectivity index is 2.26. The third-order valence-electron chi connectivity index (χ3n) is 4.29. The number of hydrogen-bond donors (Lipinski definition) is 1. The number of fused-ring (bicyclic) bond motifs is 1. The molecule has 132 valence electrons. The number of aryl methyl sites for hydroxylation is 2. The molecule has 5 nitrogen and oxygen atoms in total. The molecular weight excluding hydrogens is 342 g/mol. The van der Waals surface area contributed by atoms with Crippen LogP contribution in [0.1, 0.15) is 38.1 Å². The van der Waals surface area contributed by atoms with E-state index in [-0.39, 0.29) is 23.3 Å². The summed E-state index contributed by atoms with van der Waals surface area (Å²) in [6.07, 6.45) is 0. The van der Waals surface area contributed by atoms with Crippen LogP contribution in [-0.2, 0) is 11.3 Å². The Morgan fingerprint density at radius 1 is 1.33 bits per heavy atom. The molecule has 0 aromatic carbocycles. The molecule has 1 atom stereocenters. The second kappa shape index (κ2) is 7.70. The van der Waals surface area contributed by atoms with E-state index in [1.54, 1.807) is 4.57 Å². The van der Waals surface area contributed by atoms with Crippen molar-refractivity contribution in [3.8, 4) is 0 Å². The fourth-order valence-electron chi connectivity index (χ4n) is 2.29. The van der Waals surface area contributed by atoms with E-state index in [1.807, 2.05) is 27.7 Å². The molecular formula is C17H25N3O2S2. The summed E-state index contributed by atoms with van der Waals surface area (Å²) in [6.45, 7) is 12.6. The van der Waals surface area contributed by atoms with Crippen LogP contribution in [0.2, 0.25) is 0 Å². The van der Waals surface area contributed by atoms with Crippen molar-refractivity contribution >= 4 is 39.2 Å². The number of amides is 1. The van der Waals surface area contributed by atoms with E-state index in [9.17, 15) is 9.59 Å². The third kappa shape index (κ3) is 3.83. The molecule has 1 amide bonds. The van der Waals surface area contributed by atoms with Gasteiger partial charge in [0, 0.05) is 17.5 Å². The van der Waals surface area contributed by atoms with Crippen LogP contribution in [0.3, 0.4) is 0 Å². The predicted octanol–water partition coefficient (Wildman–Crippen LogP) is 3.35. The van der Waals surface area contributed by atoms with Crippen molar-refractivity contribution in [3.05, 3.63) is 20.8 Å². The second-order valence-corrected chi connectivity index (χ2v) is 8.44. The maximum absolute atomic E-state index is 12.7. The topological polar surface area (TPSA) is 64.0 Å². The lowest BCUT2D eigenvalue weighted by Gasteiger charge is -2.17. The van der Waals surface area contributed by atoms with Gasteiger partial charge in [-0.05, 0) is 39.2 Å². The van der Waals surface area contributed by atoms with Gasteiger partial charge in [-0.1, -0.05) is 25.6 Å². The number of thiophene rings is 1. The third-order valence-corrected chi connectivity index (χ3v) is 6.37. The summed E-state index contributed by atoms with van der Waals surface area (Å²) < 4.78 is 1.66. The SMILES string of the molecule is CCn1c(SCC(=O)N[C@@H](C)C(C)C)nc2sc(C)c(C)c2c1=O. The van der Waals surface area contributed by atoms with Gasteiger partial charge < -0.3 is 5.32 Å². The van der Waals surface area contributed by atoms with Crippen LogP contribution in [0, 0.1) is 19.8 Å². The quantitative estimate of drug-likeness (QED) is 0.628. The average Bonchev–Trinajstić information content (AvgIpc) is 2.80. The van der Waals surface area contributed by atoms with Gasteiger partial charge in [0.2, 0.25) is 5.91 Å². The number of nitrogens with one attached hydrogen (secondary N) is 1. The number of aromatic nitrogens is 2. The highest BCUT2D eigenvalue weighted by atomic mass is 32.2. The molecule has 0 radical (unpaired) electrons. The molecule has 1 N–H and O–H groups in total. The van der Waals surface area contributed by atoms with E-state index in [1.165, 1.54) is 23.1 Å². The molecule has 0 saturated heterocycles. The average molecular weight is 368 g/mol. The normalized spacial score (nSPS) is 12.8. The van der Waals surface area contributed by atoms with Crippen LogP contribution in [0.15, 0.2) is 9.95 Å². The van der Waals surface area contributed by atoms with E-state index in [0.717, 1.165) is 15.3 Å². The van der Waals surface area contributed by atoms with Gasteiger partial charge in [-0.25, -0.2) is 4.98 Å². The highest BCUT2D eigenvalue weighted by molar-refractivity contribution is 7.99. The van der Waals surface area contributed by atoms with Crippen LogP contribution in [-0.4, -0.2) is 27.3 Å². The lowest BCUT2D eigenvalue weighted by Crippen LogP contribution is -2.37. The maximum atomic E-state index is 12.7. The van der Waals surface area contributed by atoms with Gasteiger partial charge in [-0.3, -0.25) is 14.2 Å². The summed E-state index contributed by atoms with van der Waals surface area (Å²) in [5, 5.41) is 4.30. The molecule has 7 heteroatoms. The number of thioether (sulfide) groups is 1. The van der Waals surface area contributed by atoms with Crippen LogP contribution < -0.4 is 10.9 Å². The summed E-state index contributed by atoms with van der Waals surface area (Å²) in [7, 11) is 0. The molecule has 2 heterocycles. The van der Waals surface area contributed by atoms with Crippen molar-refractivity contribution in [3.63, 3.8) is 0 Å². The fraction of sp³-hybridized carbons (Fsp3) is 0.588. The van der Waals surface area contributed by atoms with Gasteiger partial charge in [0.25, 0.3) is 5.56 Å². The minimum absolute atomic E-state index is 0.0113. The largest absolute Gasteiger partial charge is 0.353 e. The molecule has 2 aromatic heterocycles. The van der Waals surface area contributed by atoms with E-state index in [2.05, 4.69) is 24.1 Å². The first-order valence-corrected chi connectivity index (χ1v) is 9.99. The predicted molar refractivity (Wildman–Crippen MR) is 102 cm³/mol. The first kappa shape index (κ1) is 19.0. The first-order chi connectivity index (χ1) is 11.3. The smallest absolute Gasteiger partial charge is 0.263 e. The minimum atomic E-state index is -0.0308. The monoisotopic (exact) mass is 367 g/mol. The molecule has 2 aromatic rings. The van der Waals surface area contributed by atoms with Crippen LogP contribution in [0.5, 0.6) is 0 Å². The van der Waals surface area contributed by atoms with Crippen LogP contribution >= 0.6 is 23.1 Å². The first-order valence-electron chi connectivity index (χ1n) is 8.18. The zero-order chi connectivity index (χ0) is 18.0. The van der Waals surface area contributed by atoms with Crippen molar-refractivity contribution in [1.82, 2.24) is 14.9 Å². The van der Waals surface area contributed by atoms with Gasteiger partial charge in [-0.2, -0.15) is 0 Å². The summed E-state index contributed by atoms with van der Waals surface area (Å²) in [5.41, 5.74) is 0.998. The molecule has 2 rings (SSSR count). The zero-order valence-electron chi connectivity index (χ0n) is 15.1. The zero-order valence-corrected chi connectivity index (χ0v) is 16.7. The van der Waals surface area contributed by atoms with Crippen molar-refractivity contribution in [2.45, 2.75) is 59.3 Å². The minimum Gasteiger partial charge on any atom is -0.353 e. The molecule has 0 aliphatic heterocycles. The van der Waals surface area contributed by atoms with Crippen LogP contribution in [0.4, 0.5) is 0 Å². The molecule has 0 saturated carbocycles. The maximum Gasteiger partial charge on any atom is 0.263 e. The van der Waals surface area contributed by atoms with Gasteiger partial charge in [0.15, 0.2) is 5.16 Å². The molecule has 0 fully saturated rings. The van der Waals surface area contributed by atoms with Crippen molar-refractivity contribution in [1.29, 1.82) is 0 Å². The van der Waals surface area contributed by atoms with E-state index in [4.69, 9.17) is 0 Å². The Bertz CT molecular complexity index is 808. The molecule has 0 unspecified atom stereocenters. The van der Waals surface area contributed by atoms with Crippen molar-refractivity contribution < 1.29 is 4.79 Å². The molecule has 0 aliphatic rings. The Morgan fingerprint density at radius 2 is 2.00 bits per heavy atom. The van der Waals surface area contributed by atoms with E-state index in [0.29, 0.717) is 23.0 Å². The Kier molecular flexibility index (Phi) is 6.09. The summed E-state index contributed by atoms with van der Waals surface area (Å²) in [5.74, 6) is 0.620.